The fourth-order valence-corrected chi connectivity index (χ4v) is 3.86. The van der Waals surface area contributed by atoms with Crippen LogP contribution in [0.1, 0.15) is 25.3 Å². The van der Waals surface area contributed by atoms with Crippen LogP contribution in [0.2, 0.25) is 10.0 Å². The normalized spacial score (nSPS) is 11.2. The number of amides is 1. The van der Waals surface area contributed by atoms with Gasteiger partial charge in [-0.3, -0.25) is 4.79 Å². The highest BCUT2D eigenvalue weighted by Crippen LogP contribution is 2.27. The summed E-state index contributed by atoms with van der Waals surface area (Å²) in [6.07, 6.45) is 1.63. The van der Waals surface area contributed by atoms with Gasteiger partial charge in [0.15, 0.2) is 6.61 Å². The van der Waals surface area contributed by atoms with Crippen LogP contribution in [0.4, 0.5) is 0 Å². The standard InChI is InChI=1S/C19H22Cl2N2O4S/c1-2-3-10-23-28(25,26)15-8-9-18(17(21)11-15)27-13-19(24)22-12-14-6-4-5-7-16(14)20/h4-9,11,23H,2-3,10,12-13H2,1H3,(H,22,24). The van der Waals surface area contributed by atoms with E-state index < -0.39 is 10.0 Å². The molecular formula is C19H22Cl2N2O4S. The van der Waals surface area contributed by atoms with Crippen LogP contribution in [0.25, 0.3) is 0 Å². The van der Waals surface area contributed by atoms with E-state index in [1.165, 1.54) is 18.2 Å². The number of nitrogens with one attached hydrogen (secondary N) is 2. The van der Waals surface area contributed by atoms with Crippen molar-refractivity contribution in [2.24, 2.45) is 0 Å². The van der Waals surface area contributed by atoms with Crippen LogP contribution in [0.3, 0.4) is 0 Å². The Morgan fingerprint density at radius 2 is 1.86 bits per heavy atom. The summed E-state index contributed by atoms with van der Waals surface area (Å²) in [7, 11) is -3.63. The predicted octanol–water partition coefficient (Wildman–Crippen LogP) is 3.77. The molecule has 0 aromatic heterocycles. The van der Waals surface area contributed by atoms with Crippen molar-refractivity contribution in [1.82, 2.24) is 10.0 Å². The van der Waals surface area contributed by atoms with Crippen LogP contribution < -0.4 is 14.8 Å². The van der Waals surface area contributed by atoms with E-state index in [1.54, 1.807) is 6.07 Å². The van der Waals surface area contributed by atoms with Gasteiger partial charge in [0.25, 0.3) is 5.91 Å². The second-order valence-corrected chi connectivity index (χ2v) is 8.58. The monoisotopic (exact) mass is 444 g/mol. The van der Waals surface area contributed by atoms with Gasteiger partial charge in [-0.25, -0.2) is 13.1 Å². The van der Waals surface area contributed by atoms with Crippen molar-refractivity contribution in [3.8, 4) is 5.75 Å². The van der Waals surface area contributed by atoms with Gasteiger partial charge >= 0.3 is 0 Å². The second-order valence-electron chi connectivity index (χ2n) is 6.00. The third-order valence-electron chi connectivity index (χ3n) is 3.83. The van der Waals surface area contributed by atoms with Gasteiger partial charge in [-0.15, -0.1) is 0 Å². The van der Waals surface area contributed by atoms with Crippen molar-refractivity contribution >= 4 is 39.1 Å². The van der Waals surface area contributed by atoms with Crippen LogP contribution >= 0.6 is 23.2 Å². The lowest BCUT2D eigenvalue weighted by molar-refractivity contribution is -0.123. The van der Waals surface area contributed by atoms with Crippen LogP contribution in [0, 0.1) is 0 Å². The predicted molar refractivity (Wildman–Crippen MR) is 110 cm³/mol. The smallest absolute Gasteiger partial charge is 0.258 e. The molecule has 152 valence electrons. The quantitative estimate of drug-likeness (QED) is 0.546. The lowest BCUT2D eigenvalue weighted by Crippen LogP contribution is -2.28. The van der Waals surface area contributed by atoms with E-state index in [0.717, 1.165) is 18.4 Å². The first kappa shape index (κ1) is 22.5. The number of sulfonamides is 1. The lowest BCUT2D eigenvalue weighted by Gasteiger charge is -2.11. The first-order chi connectivity index (χ1) is 13.3. The number of hydrogen-bond acceptors (Lipinski definition) is 4. The summed E-state index contributed by atoms with van der Waals surface area (Å²) in [6, 6.07) is 11.3. The molecule has 0 heterocycles. The molecule has 0 aliphatic rings. The summed E-state index contributed by atoms with van der Waals surface area (Å²) < 4.78 is 32.3. The zero-order chi connectivity index (χ0) is 20.6. The average molecular weight is 445 g/mol. The Kier molecular flexibility index (Phi) is 8.57. The zero-order valence-electron chi connectivity index (χ0n) is 15.4. The largest absolute Gasteiger partial charge is 0.482 e. The first-order valence-electron chi connectivity index (χ1n) is 8.75. The molecule has 6 nitrogen and oxygen atoms in total. The fourth-order valence-electron chi connectivity index (χ4n) is 2.26. The van der Waals surface area contributed by atoms with E-state index in [-0.39, 0.29) is 34.7 Å². The van der Waals surface area contributed by atoms with Crippen molar-refractivity contribution in [2.75, 3.05) is 13.2 Å². The molecule has 2 aromatic carbocycles. The molecule has 9 heteroatoms. The third kappa shape index (κ3) is 6.67. The molecule has 0 atom stereocenters. The molecule has 2 rings (SSSR count). The molecule has 0 spiro atoms. The number of unbranched alkanes of at least 4 members (excludes halogenated alkanes) is 1. The van der Waals surface area contributed by atoms with Crippen LogP contribution in [0.5, 0.6) is 5.75 Å². The van der Waals surface area contributed by atoms with E-state index in [4.69, 9.17) is 27.9 Å². The van der Waals surface area contributed by atoms with E-state index in [1.807, 2.05) is 25.1 Å². The topological polar surface area (TPSA) is 84.5 Å². The molecule has 0 aliphatic heterocycles. The molecule has 28 heavy (non-hydrogen) atoms. The van der Waals surface area contributed by atoms with Gasteiger partial charge < -0.3 is 10.1 Å². The van der Waals surface area contributed by atoms with Crippen LogP contribution in [-0.4, -0.2) is 27.5 Å². The maximum absolute atomic E-state index is 12.2. The molecule has 1 amide bonds. The number of benzene rings is 2. The molecule has 2 N–H and O–H groups in total. The van der Waals surface area contributed by atoms with Gasteiger partial charge in [-0.1, -0.05) is 54.7 Å². The maximum atomic E-state index is 12.2. The summed E-state index contributed by atoms with van der Waals surface area (Å²) in [6.45, 7) is 2.35. The second kappa shape index (κ2) is 10.7. The Labute approximate surface area is 175 Å². The number of carbonyl (C=O) groups is 1. The van der Waals surface area contributed by atoms with Gasteiger partial charge in [0.2, 0.25) is 10.0 Å². The molecule has 0 aliphatic carbocycles. The van der Waals surface area contributed by atoms with E-state index in [9.17, 15) is 13.2 Å². The molecule has 0 bridgehead atoms. The minimum Gasteiger partial charge on any atom is -0.482 e. The summed E-state index contributed by atoms with van der Waals surface area (Å²) in [4.78, 5) is 12.0. The highest BCUT2D eigenvalue weighted by atomic mass is 35.5. The third-order valence-corrected chi connectivity index (χ3v) is 5.95. The Balaban J connectivity index is 1.90. The Morgan fingerprint density at radius 3 is 2.54 bits per heavy atom. The maximum Gasteiger partial charge on any atom is 0.258 e. The minimum atomic E-state index is -3.63. The first-order valence-corrected chi connectivity index (χ1v) is 11.0. The number of hydrogen-bond donors (Lipinski definition) is 2. The van der Waals surface area contributed by atoms with Crippen LogP contribution in [0.15, 0.2) is 47.4 Å². The van der Waals surface area contributed by atoms with Crippen molar-refractivity contribution in [1.29, 1.82) is 0 Å². The van der Waals surface area contributed by atoms with Crippen LogP contribution in [-0.2, 0) is 21.4 Å². The summed E-state index contributed by atoms with van der Waals surface area (Å²) in [5.41, 5.74) is 0.792. The van der Waals surface area contributed by atoms with Gasteiger partial charge in [0.1, 0.15) is 5.75 Å². The highest BCUT2D eigenvalue weighted by Gasteiger charge is 2.16. The van der Waals surface area contributed by atoms with Gasteiger partial charge in [-0.05, 0) is 36.2 Å². The van der Waals surface area contributed by atoms with Crippen molar-refractivity contribution in [3.05, 3.63) is 58.1 Å². The lowest BCUT2D eigenvalue weighted by atomic mass is 10.2. The number of ether oxygens (including phenoxy) is 1. The van der Waals surface area contributed by atoms with Gasteiger partial charge in [0.05, 0.1) is 9.92 Å². The average Bonchev–Trinajstić information content (AvgIpc) is 2.66. The zero-order valence-corrected chi connectivity index (χ0v) is 17.7. The SMILES string of the molecule is CCCCNS(=O)(=O)c1ccc(OCC(=O)NCc2ccccc2Cl)c(Cl)c1. The molecule has 0 unspecified atom stereocenters. The summed E-state index contributed by atoms with van der Waals surface area (Å²) in [5, 5.41) is 3.37. The molecular weight excluding hydrogens is 423 g/mol. The highest BCUT2D eigenvalue weighted by molar-refractivity contribution is 7.89. The van der Waals surface area contributed by atoms with Crippen molar-refractivity contribution < 1.29 is 17.9 Å². The van der Waals surface area contributed by atoms with E-state index >= 15 is 0 Å². The molecule has 0 saturated heterocycles. The Bertz CT molecular complexity index is 920. The molecule has 0 saturated carbocycles. The number of carbonyl (C=O) groups excluding carboxylic acids is 1. The number of rotatable bonds is 10. The van der Waals surface area contributed by atoms with E-state index in [2.05, 4.69) is 10.0 Å². The summed E-state index contributed by atoms with van der Waals surface area (Å²) in [5.74, 6) is -0.129. The van der Waals surface area contributed by atoms with Gasteiger partial charge in [0, 0.05) is 18.1 Å². The summed E-state index contributed by atoms with van der Waals surface area (Å²) >= 11 is 12.1. The number of halogens is 2. The van der Waals surface area contributed by atoms with Crippen molar-refractivity contribution in [3.63, 3.8) is 0 Å². The molecule has 0 radical (unpaired) electrons. The van der Waals surface area contributed by atoms with E-state index in [0.29, 0.717) is 11.6 Å². The Hall–Kier alpha value is -1.80. The van der Waals surface area contributed by atoms with Gasteiger partial charge in [-0.2, -0.15) is 0 Å². The molecule has 0 fully saturated rings. The van der Waals surface area contributed by atoms with Crippen molar-refractivity contribution in [2.45, 2.75) is 31.2 Å². The molecule has 2 aromatic rings. The minimum absolute atomic E-state index is 0.0455. The fraction of sp³-hybridized carbons (Fsp3) is 0.316. The Morgan fingerprint density at radius 1 is 1.11 bits per heavy atom.